The van der Waals surface area contributed by atoms with Gasteiger partial charge >= 0.3 is 0 Å². The Labute approximate surface area is 105 Å². The highest BCUT2D eigenvalue weighted by Gasteiger charge is 2.29. The molecule has 1 aliphatic carbocycles. The molecule has 3 heteroatoms. The molecule has 2 fully saturated rings. The fourth-order valence-corrected chi connectivity index (χ4v) is 3.27. The van der Waals surface area contributed by atoms with Gasteiger partial charge in [0.15, 0.2) is 0 Å². The average molecular weight is 238 g/mol. The molecular formula is C14H26N2O. The maximum atomic E-state index is 11.9. The standard InChI is InChI=1S/C14H26N2O/c1-3-13-14(17)16(10-15-13)8-7-12-6-4-5-11(2)9-12/h11-13,15H,3-10H2,1-2H3. The molecule has 1 heterocycles. The number of nitrogens with zero attached hydrogens (tertiary/aromatic N) is 1. The van der Waals surface area contributed by atoms with Crippen molar-refractivity contribution in [1.82, 2.24) is 10.2 Å². The van der Waals surface area contributed by atoms with E-state index in [9.17, 15) is 4.79 Å². The normalized spacial score (nSPS) is 34.4. The van der Waals surface area contributed by atoms with Gasteiger partial charge < -0.3 is 4.90 Å². The van der Waals surface area contributed by atoms with E-state index in [2.05, 4.69) is 19.2 Å². The van der Waals surface area contributed by atoms with Gasteiger partial charge in [0.2, 0.25) is 5.91 Å². The number of hydrogen-bond donors (Lipinski definition) is 1. The summed E-state index contributed by atoms with van der Waals surface area (Å²) in [6.45, 7) is 6.16. The van der Waals surface area contributed by atoms with E-state index in [0.717, 1.165) is 31.5 Å². The largest absolute Gasteiger partial charge is 0.329 e. The van der Waals surface area contributed by atoms with Gasteiger partial charge in [-0.25, -0.2) is 0 Å². The van der Waals surface area contributed by atoms with Gasteiger partial charge in [-0.1, -0.05) is 33.1 Å². The van der Waals surface area contributed by atoms with Crippen LogP contribution in [0, 0.1) is 11.8 Å². The van der Waals surface area contributed by atoms with Crippen LogP contribution in [0.5, 0.6) is 0 Å². The molecule has 2 rings (SSSR count). The van der Waals surface area contributed by atoms with Gasteiger partial charge in [-0.15, -0.1) is 0 Å². The van der Waals surface area contributed by atoms with E-state index < -0.39 is 0 Å². The van der Waals surface area contributed by atoms with Crippen LogP contribution in [0.4, 0.5) is 0 Å². The Balaban J connectivity index is 1.73. The van der Waals surface area contributed by atoms with Crippen molar-refractivity contribution in [3.05, 3.63) is 0 Å². The number of carbonyl (C=O) groups excluding carboxylic acids is 1. The lowest BCUT2D eigenvalue weighted by Crippen LogP contribution is -2.31. The monoisotopic (exact) mass is 238 g/mol. The van der Waals surface area contributed by atoms with Crippen molar-refractivity contribution in [1.29, 1.82) is 0 Å². The van der Waals surface area contributed by atoms with Gasteiger partial charge in [-0.2, -0.15) is 0 Å². The molecule has 3 nitrogen and oxygen atoms in total. The van der Waals surface area contributed by atoms with Gasteiger partial charge in [0.1, 0.15) is 0 Å². The molecule has 3 unspecified atom stereocenters. The van der Waals surface area contributed by atoms with E-state index >= 15 is 0 Å². The average Bonchev–Trinajstić information content (AvgIpc) is 2.67. The first kappa shape index (κ1) is 12.9. The topological polar surface area (TPSA) is 32.3 Å². The van der Waals surface area contributed by atoms with Crippen LogP contribution in [0.3, 0.4) is 0 Å². The Hall–Kier alpha value is -0.570. The highest BCUT2D eigenvalue weighted by molar-refractivity contribution is 5.83. The fourth-order valence-electron chi connectivity index (χ4n) is 3.27. The Kier molecular flexibility index (Phi) is 4.43. The molecule has 0 aromatic rings. The first-order chi connectivity index (χ1) is 8.20. The molecule has 98 valence electrons. The molecule has 1 aliphatic heterocycles. The molecule has 0 aromatic carbocycles. The van der Waals surface area contributed by atoms with E-state index in [4.69, 9.17) is 0 Å². The summed E-state index contributed by atoms with van der Waals surface area (Å²) in [6.07, 6.45) is 7.64. The highest BCUT2D eigenvalue weighted by Crippen LogP contribution is 2.30. The molecule has 2 aliphatic rings. The fraction of sp³-hybridized carbons (Fsp3) is 0.929. The maximum absolute atomic E-state index is 11.9. The molecule has 3 atom stereocenters. The summed E-state index contributed by atoms with van der Waals surface area (Å²) in [5.41, 5.74) is 0. The van der Waals surface area contributed by atoms with Gasteiger partial charge in [-0.05, 0) is 31.1 Å². The number of rotatable bonds is 4. The van der Waals surface area contributed by atoms with Crippen LogP contribution in [0.15, 0.2) is 0 Å². The number of hydrogen-bond acceptors (Lipinski definition) is 2. The third-order valence-electron chi connectivity index (χ3n) is 4.40. The predicted molar refractivity (Wildman–Crippen MR) is 69.5 cm³/mol. The van der Waals surface area contributed by atoms with E-state index in [1.807, 2.05) is 4.90 Å². The third kappa shape index (κ3) is 3.21. The zero-order chi connectivity index (χ0) is 12.3. The predicted octanol–water partition coefficient (Wildman–Crippen LogP) is 2.37. The Morgan fingerprint density at radius 3 is 2.88 bits per heavy atom. The van der Waals surface area contributed by atoms with Crippen molar-refractivity contribution in [2.24, 2.45) is 11.8 Å². The molecule has 0 spiro atoms. The van der Waals surface area contributed by atoms with Crippen LogP contribution >= 0.6 is 0 Å². The van der Waals surface area contributed by atoms with Crippen molar-refractivity contribution >= 4 is 5.91 Å². The molecule has 1 amide bonds. The maximum Gasteiger partial charge on any atom is 0.240 e. The number of nitrogens with one attached hydrogen (secondary N) is 1. The van der Waals surface area contributed by atoms with Gasteiger partial charge in [0.25, 0.3) is 0 Å². The van der Waals surface area contributed by atoms with Gasteiger partial charge in [0, 0.05) is 6.54 Å². The van der Waals surface area contributed by atoms with E-state index in [0.29, 0.717) is 5.91 Å². The second kappa shape index (κ2) is 5.85. The van der Waals surface area contributed by atoms with Crippen molar-refractivity contribution in [3.63, 3.8) is 0 Å². The quantitative estimate of drug-likeness (QED) is 0.815. The summed E-state index contributed by atoms with van der Waals surface area (Å²) in [6, 6.07) is 0.0836. The molecule has 0 radical (unpaired) electrons. The van der Waals surface area contributed by atoms with Crippen LogP contribution in [0.2, 0.25) is 0 Å². The second-order valence-electron chi connectivity index (χ2n) is 5.85. The van der Waals surface area contributed by atoms with E-state index in [-0.39, 0.29) is 6.04 Å². The van der Waals surface area contributed by atoms with Crippen molar-refractivity contribution in [2.45, 2.75) is 58.4 Å². The summed E-state index contributed by atoms with van der Waals surface area (Å²) in [5.74, 6) is 2.06. The third-order valence-corrected chi connectivity index (χ3v) is 4.40. The SMILES string of the molecule is CCC1NCN(CCC2CCCC(C)C2)C1=O. The summed E-state index contributed by atoms with van der Waals surface area (Å²) >= 11 is 0. The molecule has 17 heavy (non-hydrogen) atoms. The lowest BCUT2D eigenvalue weighted by Gasteiger charge is -2.28. The molecule has 0 aromatic heterocycles. The van der Waals surface area contributed by atoms with Crippen LogP contribution in [0.25, 0.3) is 0 Å². The minimum Gasteiger partial charge on any atom is -0.329 e. The van der Waals surface area contributed by atoms with Crippen molar-refractivity contribution < 1.29 is 4.79 Å². The summed E-state index contributed by atoms with van der Waals surface area (Å²) in [5, 5.41) is 3.28. The Morgan fingerprint density at radius 2 is 2.24 bits per heavy atom. The minimum absolute atomic E-state index is 0.0836. The molecule has 1 N–H and O–H groups in total. The van der Waals surface area contributed by atoms with E-state index in [1.54, 1.807) is 0 Å². The first-order valence-electron chi connectivity index (χ1n) is 7.23. The second-order valence-corrected chi connectivity index (χ2v) is 5.85. The number of amides is 1. The Morgan fingerprint density at radius 1 is 1.41 bits per heavy atom. The minimum atomic E-state index is 0.0836. The van der Waals surface area contributed by atoms with Crippen LogP contribution in [0.1, 0.15) is 52.4 Å². The van der Waals surface area contributed by atoms with E-state index in [1.165, 1.54) is 32.1 Å². The zero-order valence-electron chi connectivity index (χ0n) is 11.2. The number of carbonyl (C=O) groups is 1. The Bertz CT molecular complexity index is 267. The lowest BCUT2D eigenvalue weighted by atomic mass is 9.81. The molecule has 1 saturated heterocycles. The van der Waals surface area contributed by atoms with Crippen LogP contribution < -0.4 is 5.32 Å². The van der Waals surface area contributed by atoms with Crippen LogP contribution in [-0.4, -0.2) is 30.1 Å². The highest BCUT2D eigenvalue weighted by atomic mass is 16.2. The molecule has 0 bridgehead atoms. The summed E-state index contributed by atoms with van der Waals surface area (Å²) in [4.78, 5) is 13.9. The van der Waals surface area contributed by atoms with Gasteiger partial charge in [0.05, 0.1) is 12.7 Å². The molecule has 1 saturated carbocycles. The zero-order valence-corrected chi connectivity index (χ0v) is 11.2. The first-order valence-corrected chi connectivity index (χ1v) is 7.23. The van der Waals surface area contributed by atoms with Gasteiger partial charge in [-0.3, -0.25) is 10.1 Å². The van der Waals surface area contributed by atoms with Crippen molar-refractivity contribution in [2.75, 3.05) is 13.2 Å². The lowest BCUT2D eigenvalue weighted by molar-refractivity contribution is -0.129. The summed E-state index contributed by atoms with van der Waals surface area (Å²) < 4.78 is 0. The van der Waals surface area contributed by atoms with Crippen molar-refractivity contribution in [3.8, 4) is 0 Å². The smallest absolute Gasteiger partial charge is 0.240 e. The van der Waals surface area contributed by atoms with Crippen LogP contribution in [-0.2, 0) is 4.79 Å². The summed E-state index contributed by atoms with van der Waals surface area (Å²) in [7, 11) is 0. The molecular weight excluding hydrogens is 212 g/mol.